The Labute approximate surface area is 76.9 Å². The molecule has 0 aliphatic carbocycles. The largest absolute Gasteiger partial charge is 0.398 e. The molecule has 0 aromatic heterocycles. The van der Waals surface area contributed by atoms with Gasteiger partial charge in [0.05, 0.1) is 5.56 Å². The SMILES string of the molecule is Nc1cccc2c1C(=O)NCCC2. The molecular weight excluding hydrogens is 164 g/mol. The number of carbonyl (C=O) groups excluding carboxylic acids is 1. The van der Waals surface area contributed by atoms with Gasteiger partial charge in [-0.15, -0.1) is 0 Å². The number of anilines is 1. The average molecular weight is 176 g/mol. The first-order chi connectivity index (χ1) is 6.29. The number of benzene rings is 1. The second-order valence-electron chi connectivity index (χ2n) is 3.24. The zero-order valence-electron chi connectivity index (χ0n) is 7.34. The smallest absolute Gasteiger partial charge is 0.253 e. The molecular formula is C10H12N2O. The second-order valence-corrected chi connectivity index (χ2v) is 3.24. The van der Waals surface area contributed by atoms with Crippen LogP contribution in [0, 0.1) is 0 Å². The average Bonchev–Trinajstić information content (AvgIpc) is 2.29. The monoisotopic (exact) mass is 176 g/mol. The van der Waals surface area contributed by atoms with Crippen molar-refractivity contribution in [3.63, 3.8) is 0 Å². The van der Waals surface area contributed by atoms with E-state index < -0.39 is 0 Å². The molecule has 0 unspecified atom stereocenters. The third-order valence-corrected chi connectivity index (χ3v) is 2.32. The van der Waals surface area contributed by atoms with Crippen LogP contribution in [0.25, 0.3) is 0 Å². The van der Waals surface area contributed by atoms with Crippen LogP contribution in [0.5, 0.6) is 0 Å². The summed E-state index contributed by atoms with van der Waals surface area (Å²) in [6, 6.07) is 5.63. The quantitative estimate of drug-likeness (QED) is 0.578. The highest BCUT2D eigenvalue weighted by atomic mass is 16.1. The highest BCUT2D eigenvalue weighted by Gasteiger charge is 2.16. The summed E-state index contributed by atoms with van der Waals surface area (Å²) in [6.07, 6.45) is 1.92. The Balaban J connectivity index is 2.55. The van der Waals surface area contributed by atoms with E-state index in [2.05, 4.69) is 5.32 Å². The number of nitrogen functional groups attached to an aromatic ring is 1. The summed E-state index contributed by atoms with van der Waals surface area (Å²) in [5.41, 5.74) is 8.05. The molecule has 13 heavy (non-hydrogen) atoms. The van der Waals surface area contributed by atoms with Gasteiger partial charge in [0.15, 0.2) is 0 Å². The predicted molar refractivity (Wildman–Crippen MR) is 51.5 cm³/mol. The highest BCUT2D eigenvalue weighted by molar-refractivity contribution is 6.00. The minimum Gasteiger partial charge on any atom is -0.398 e. The van der Waals surface area contributed by atoms with Crippen LogP contribution in [0.1, 0.15) is 22.3 Å². The van der Waals surface area contributed by atoms with E-state index in [4.69, 9.17) is 5.73 Å². The number of fused-ring (bicyclic) bond motifs is 1. The number of nitrogens with one attached hydrogen (secondary N) is 1. The van der Waals surface area contributed by atoms with Crippen molar-refractivity contribution < 1.29 is 4.79 Å². The van der Waals surface area contributed by atoms with E-state index in [0.29, 0.717) is 11.3 Å². The summed E-state index contributed by atoms with van der Waals surface area (Å²) in [5.74, 6) is -0.0365. The van der Waals surface area contributed by atoms with Crippen molar-refractivity contribution in [2.24, 2.45) is 0 Å². The number of hydrogen-bond donors (Lipinski definition) is 2. The van der Waals surface area contributed by atoms with E-state index in [0.717, 1.165) is 24.9 Å². The molecule has 3 heteroatoms. The summed E-state index contributed by atoms with van der Waals surface area (Å²) in [4.78, 5) is 11.5. The van der Waals surface area contributed by atoms with Crippen molar-refractivity contribution >= 4 is 11.6 Å². The molecule has 0 atom stereocenters. The van der Waals surface area contributed by atoms with E-state index in [9.17, 15) is 4.79 Å². The van der Waals surface area contributed by atoms with Gasteiger partial charge in [-0.05, 0) is 24.5 Å². The van der Waals surface area contributed by atoms with Gasteiger partial charge >= 0.3 is 0 Å². The predicted octanol–water partition coefficient (Wildman–Crippen LogP) is 0.945. The van der Waals surface area contributed by atoms with Gasteiger partial charge in [-0.25, -0.2) is 0 Å². The number of rotatable bonds is 0. The molecule has 1 aromatic rings. The maximum absolute atomic E-state index is 11.5. The zero-order valence-corrected chi connectivity index (χ0v) is 7.34. The van der Waals surface area contributed by atoms with Crippen molar-refractivity contribution in [1.82, 2.24) is 5.32 Å². The number of hydrogen-bond acceptors (Lipinski definition) is 2. The van der Waals surface area contributed by atoms with Gasteiger partial charge in [0.25, 0.3) is 5.91 Å². The fourth-order valence-corrected chi connectivity index (χ4v) is 1.67. The third-order valence-electron chi connectivity index (χ3n) is 2.32. The molecule has 0 saturated carbocycles. The van der Waals surface area contributed by atoms with Crippen LogP contribution >= 0.6 is 0 Å². The fraction of sp³-hybridized carbons (Fsp3) is 0.300. The van der Waals surface area contributed by atoms with Crippen molar-refractivity contribution in [3.8, 4) is 0 Å². The van der Waals surface area contributed by atoms with Gasteiger partial charge in [0.2, 0.25) is 0 Å². The molecule has 0 radical (unpaired) electrons. The number of nitrogens with two attached hydrogens (primary N) is 1. The number of carbonyl (C=O) groups is 1. The molecule has 1 heterocycles. The standard InChI is InChI=1S/C10H12N2O/c11-8-5-1-3-7-4-2-6-12-10(13)9(7)8/h1,3,5H,2,4,6,11H2,(H,12,13). The van der Waals surface area contributed by atoms with Crippen LogP contribution in [0.15, 0.2) is 18.2 Å². The number of amides is 1. The fourth-order valence-electron chi connectivity index (χ4n) is 1.67. The van der Waals surface area contributed by atoms with Crippen molar-refractivity contribution in [3.05, 3.63) is 29.3 Å². The lowest BCUT2D eigenvalue weighted by atomic mass is 10.0. The van der Waals surface area contributed by atoms with E-state index in [-0.39, 0.29) is 5.91 Å². The molecule has 1 amide bonds. The van der Waals surface area contributed by atoms with Crippen LogP contribution in [-0.4, -0.2) is 12.5 Å². The third kappa shape index (κ3) is 1.37. The lowest BCUT2D eigenvalue weighted by Crippen LogP contribution is -2.23. The van der Waals surface area contributed by atoms with Crippen LogP contribution in [0.3, 0.4) is 0 Å². The molecule has 2 rings (SSSR count). The molecule has 1 aliphatic rings. The molecule has 0 spiro atoms. The second kappa shape index (κ2) is 3.09. The van der Waals surface area contributed by atoms with Crippen molar-refractivity contribution in [1.29, 1.82) is 0 Å². The summed E-state index contributed by atoms with van der Waals surface area (Å²) in [6.45, 7) is 0.743. The highest BCUT2D eigenvalue weighted by Crippen LogP contribution is 2.20. The van der Waals surface area contributed by atoms with Crippen LogP contribution in [0.4, 0.5) is 5.69 Å². The van der Waals surface area contributed by atoms with Gasteiger partial charge in [-0.1, -0.05) is 12.1 Å². The number of aryl methyl sites for hydroxylation is 1. The Hall–Kier alpha value is -1.51. The maximum atomic E-state index is 11.5. The summed E-state index contributed by atoms with van der Waals surface area (Å²) < 4.78 is 0. The molecule has 1 aliphatic heterocycles. The molecule has 0 bridgehead atoms. The Morgan fingerprint density at radius 2 is 2.23 bits per heavy atom. The zero-order chi connectivity index (χ0) is 9.26. The Morgan fingerprint density at radius 3 is 3.08 bits per heavy atom. The van der Waals surface area contributed by atoms with Gasteiger partial charge in [0, 0.05) is 12.2 Å². The van der Waals surface area contributed by atoms with E-state index in [1.54, 1.807) is 6.07 Å². The first kappa shape index (κ1) is 8.10. The molecule has 1 aromatic carbocycles. The van der Waals surface area contributed by atoms with Gasteiger partial charge in [-0.3, -0.25) is 4.79 Å². The van der Waals surface area contributed by atoms with Gasteiger partial charge < -0.3 is 11.1 Å². The maximum Gasteiger partial charge on any atom is 0.253 e. The lowest BCUT2D eigenvalue weighted by Gasteiger charge is -2.06. The molecule has 68 valence electrons. The molecule has 3 N–H and O–H groups in total. The normalized spacial score (nSPS) is 15.8. The lowest BCUT2D eigenvalue weighted by molar-refractivity contribution is 0.0957. The Morgan fingerprint density at radius 1 is 1.38 bits per heavy atom. The minimum absolute atomic E-state index is 0.0365. The van der Waals surface area contributed by atoms with E-state index in [1.165, 1.54) is 0 Å². The van der Waals surface area contributed by atoms with Gasteiger partial charge in [-0.2, -0.15) is 0 Å². The first-order valence-electron chi connectivity index (χ1n) is 4.44. The van der Waals surface area contributed by atoms with Gasteiger partial charge in [0.1, 0.15) is 0 Å². The Kier molecular flexibility index (Phi) is 1.93. The van der Waals surface area contributed by atoms with E-state index >= 15 is 0 Å². The minimum atomic E-state index is -0.0365. The molecule has 3 nitrogen and oxygen atoms in total. The molecule has 0 saturated heterocycles. The molecule has 0 fully saturated rings. The van der Waals surface area contributed by atoms with E-state index in [1.807, 2.05) is 12.1 Å². The first-order valence-corrected chi connectivity index (χ1v) is 4.44. The topological polar surface area (TPSA) is 55.1 Å². The van der Waals surface area contributed by atoms with Crippen LogP contribution in [0.2, 0.25) is 0 Å². The van der Waals surface area contributed by atoms with Crippen LogP contribution < -0.4 is 11.1 Å². The summed E-state index contributed by atoms with van der Waals surface area (Å²) >= 11 is 0. The van der Waals surface area contributed by atoms with Crippen molar-refractivity contribution in [2.75, 3.05) is 12.3 Å². The summed E-state index contributed by atoms with van der Waals surface area (Å²) in [5, 5.41) is 2.82. The van der Waals surface area contributed by atoms with Crippen LogP contribution in [-0.2, 0) is 6.42 Å². The summed E-state index contributed by atoms with van der Waals surface area (Å²) in [7, 11) is 0. The van der Waals surface area contributed by atoms with Crippen molar-refractivity contribution in [2.45, 2.75) is 12.8 Å². The Bertz CT molecular complexity index is 347.